The third-order valence-corrected chi connectivity index (χ3v) is 5.84. The van der Waals surface area contributed by atoms with E-state index in [0.29, 0.717) is 34.9 Å². The highest BCUT2D eigenvalue weighted by atomic mass is 19.1. The van der Waals surface area contributed by atoms with Gasteiger partial charge in [0.25, 0.3) is 0 Å². The Bertz CT molecular complexity index is 1130. The molecule has 0 saturated heterocycles. The number of nitrogens with zero attached hydrogens (tertiary/aromatic N) is 2. The Balaban J connectivity index is 2.07. The minimum Gasteiger partial charge on any atom is -0.401 e. The molecule has 1 saturated carbocycles. The van der Waals surface area contributed by atoms with Gasteiger partial charge in [0.15, 0.2) is 0 Å². The summed E-state index contributed by atoms with van der Waals surface area (Å²) >= 11 is 0. The summed E-state index contributed by atoms with van der Waals surface area (Å²) in [6, 6.07) is 13.8. The second-order valence-electron chi connectivity index (χ2n) is 8.31. The van der Waals surface area contributed by atoms with Crippen LogP contribution in [0.3, 0.4) is 0 Å². The van der Waals surface area contributed by atoms with Gasteiger partial charge in [-0.3, -0.25) is 9.98 Å². The molecule has 0 radical (unpaired) electrons. The zero-order valence-corrected chi connectivity index (χ0v) is 19.5. The van der Waals surface area contributed by atoms with Gasteiger partial charge in [-0.15, -0.1) is 0 Å². The molecule has 2 N–H and O–H groups in total. The third-order valence-electron chi connectivity index (χ3n) is 5.84. The van der Waals surface area contributed by atoms with Gasteiger partial charge >= 0.3 is 0 Å². The van der Waals surface area contributed by atoms with Crippen molar-refractivity contribution in [3.05, 3.63) is 113 Å². The van der Waals surface area contributed by atoms with E-state index in [9.17, 15) is 0 Å². The lowest BCUT2D eigenvalue weighted by Gasteiger charge is -2.29. The fourth-order valence-corrected chi connectivity index (χ4v) is 3.94. The lowest BCUT2D eigenvalue weighted by Crippen LogP contribution is -2.15. The molecule has 0 amide bonds. The van der Waals surface area contributed by atoms with Crippen molar-refractivity contribution in [3.8, 4) is 0 Å². The number of hydrogen-bond acceptors (Lipinski definition) is 3. The van der Waals surface area contributed by atoms with Gasteiger partial charge in [0.05, 0.1) is 5.71 Å². The highest BCUT2D eigenvalue weighted by Gasteiger charge is 2.26. The van der Waals surface area contributed by atoms with E-state index >= 15 is 4.39 Å². The van der Waals surface area contributed by atoms with Crippen LogP contribution in [0.4, 0.5) is 4.39 Å². The Labute approximate surface area is 196 Å². The molecule has 1 aliphatic rings. The molecule has 3 rings (SSSR count). The number of benzene rings is 2. The second kappa shape index (κ2) is 11.4. The van der Waals surface area contributed by atoms with Crippen molar-refractivity contribution in [1.82, 2.24) is 0 Å². The van der Waals surface area contributed by atoms with E-state index in [1.807, 2.05) is 55.5 Å². The predicted octanol–water partition coefficient (Wildman–Crippen LogP) is 7.12. The molecule has 0 bridgehead atoms. The van der Waals surface area contributed by atoms with Crippen LogP contribution in [0.1, 0.15) is 61.3 Å². The van der Waals surface area contributed by atoms with Crippen LogP contribution in [-0.4, -0.2) is 11.9 Å². The molecule has 1 aliphatic carbocycles. The van der Waals surface area contributed by atoms with Gasteiger partial charge in [-0.2, -0.15) is 0 Å². The van der Waals surface area contributed by atoms with E-state index < -0.39 is 0 Å². The Morgan fingerprint density at radius 1 is 1.18 bits per heavy atom. The zero-order valence-electron chi connectivity index (χ0n) is 19.5. The lowest BCUT2D eigenvalue weighted by molar-refractivity contribution is 0.415. The molecule has 3 nitrogen and oxygen atoms in total. The summed E-state index contributed by atoms with van der Waals surface area (Å²) in [5, 5.41) is 0. The van der Waals surface area contributed by atoms with Crippen molar-refractivity contribution < 1.29 is 4.39 Å². The third kappa shape index (κ3) is 6.04. The summed E-state index contributed by atoms with van der Waals surface area (Å²) in [4.78, 5) is 8.90. The number of halogens is 1. The predicted molar refractivity (Wildman–Crippen MR) is 139 cm³/mol. The van der Waals surface area contributed by atoms with Gasteiger partial charge in [0.2, 0.25) is 0 Å². The largest absolute Gasteiger partial charge is 0.401 e. The molecule has 2 aromatic rings. The Morgan fingerprint density at radius 2 is 1.91 bits per heavy atom. The molecule has 0 spiro atoms. The van der Waals surface area contributed by atoms with Crippen molar-refractivity contribution in [2.24, 2.45) is 15.7 Å². The van der Waals surface area contributed by atoms with Gasteiger partial charge in [-0.25, -0.2) is 4.39 Å². The molecule has 33 heavy (non-hydrogen) atoms. The first-order chi connectivity index (χ1) is 15.9. The molecule has 0 atom stereocenters. The first-order valence-corrected chi connectivity index (χ1v) is 11.3. The van der Waals surface area contributed by atoms with E-state index in [-0.39, 0.29) is 5.82 Å². The smallest absolute Gasteiger partial charge is 0.136 e. The Hall–Kier alpha value is -3.53. The van der Waals surface area contributed by atoms with Crippen LogP contribution < -0.4 is 5.73 Å². The van der Waals surface area contributed by atoms with Gasteiger partial charge < -0.3 is 5.73 Å². The lowest BCUT2D eigenvalue weighted by atomic mass is 9.77. The molecule has 0 aromatic heterocycles. The quantitative estimate of drug-likeness (QED) is 0.327. The normalized spacial score (nSPS) is 15.5. The first kappa shape index (κ1) is 24.1. The summed E-state index contributed by atoms with van der Waals surface area (Å²) in [6.07, 6.45) is 10.5. The maximum Gasteiger partial charge on any atom is 0.136 e. The molecule has 2 aromatic carbocycles. The van der Waals surface area contributed by atoms with E-state index in [0.717, 1.165) is 35.2 Å². The van der Waals surface area contributed by atoms with Gasteiger partial charge in [-0.1, -0.05) is 56.0 Å². The highest BCUT2D eigenvalue weighted by molar-refractivity contribution is 6.09. The minimum absolute atomic E-state index is 0.274. The summed E-state index contributed by atoms with van der Waals surface area (Å²) in [5.74, 6) is 0.103. The minimum atomic E-state index is -0.274. The maximum atomic E-state index is 16.0. The molecular formula is C29H32FN3. The number of hydrogen-bond donors (Lipinski definition) is 1. The van der Waals surface area contributed by atoms with E-state index in [4.69, 9.17) is 5.73 Å². The average molecular weight is 442 g/mol. The monoisotopic (exact) mass is 441 g/mol. The fraction of sp³-hybridized carbons (Fsp3) is 0.241. The Morgan fingerprint density at radius 3 is 2.48 bits per heavy atom. The van der Waals surface area contributed by atoms with Crippen molar-refractivity contribution >= 4 is 17.5 Å². The molecule has 1 fully saturated rings. The van der Waals surface area contributed by atoms with Crippen molar-refractivity contribution in [1.29, 1.82) is 0 Å². The zero-order chi connectivity index (χ0) is 23.8. The number of allylic oxidation sites excluding steroid dienone is 5. The van der Waals surface area contributed by atoms with Crippen LogP contribution in [-0.2, 0) is 6.42 Å². The fourth-order valence-electron chi connectivity index (χ4n) is 3.94. The summed E-state index contributed by atoms with van der Waals surface area (Å²) in [5.41, 5.74) is 11.5. The van der Waals surface area contributed by atoms with Crippen LogP contribution >= 0.6 is 0 Å². The van der Waals surface area contributed by atoms with Crippen LogP contribution in [0.25, 0.3) is 5.57 Å². The highest BCUT2D eigenvalue weighted by Crippen LogP contribution is 2.40. The molecule has 170 valence electrons. The average Bonchev–Trinajstić information content (AvgIpc) is 2.77. The van der Waals surface area contributed by atoms with Gasteiger partial charge in [-0.05, 0) is 73.1 Å². The second-order valence-corrected chi connectivity index (χ2v) is 8.31. The molecule has 0 unspecified atom stereocenters. The SMILES string of the molecule is C=CC(=N/C=C(\C)N)c1ccc(C2CCC2)c(C/C(=C/C(=C)c2ccccc2)N=CC)c1F. The topological polar surface area (TPSA) is 50.7 Å². The number of rotatable bonds is 9. The van der Waals surface area contributed by atoms with E-state index in [1.165, 1.54) is 12.6 Å². The van der Waals surface area contributed by atoms with Gasteiger partial charge in [0.1, 0.15) is 5.82 Å². The summed E-state index contributed by atoms with van der Waals surface area (Å²) in [6.45, 7) is 11.6. The van der Waals surface area contributed by atoms with Crippen LogP contribution in [0, 0.1) is 5.82 Å². The van der Waals surface area contributed by atoms with Crippen molar-refractivity contribution in [2.75, 3.05) is 0 Å². The molecule has 0 aliphatic heterocycles. The van der Waals surface area contributed by atoms with E-state index in [2.05, 4.69) is 23.1 Å². The van der Waals surface area contributed by atoms with Crippen LogP contribution in [0.5, 0.6) is 0 Å². The molecular weight excluding hydrogens is 409 g/mol. The van der Waals surface area contributed by atoms with E-state index in [1.54, 1.807) is 19.2 Å². The number of aliphatic imine (C=N–C) groups is 2. The Kier molecular flexibility index (Phi) is 8.31. The van der Waals surface area contributed by atoms with Crippen molar-refractivity contribution in [3.63, 3.8) is 0 Å². The van der Waals surface area contributed by atoms with Crippen LogP contribution in [0.15, 0.2) is 95.4 Å². The molecule has 0 heterocycles. The number of nitrogens with two attached hydrogens (primary N) is 1. The summed E-state index contributed by atoms with van der Waals surface area (Å²) < 4.78 is 16.0. The summed E-state index contributed by atoms with van der Waals surface area (Å²) in [7, 11) is 0. The first-order valence-electron chi connectivity index (χ1n) is 11.3. The standard InChI is InChI=1S/C29H32FN3/c1-5-28(33-19-21(4)31)26-16-15-25(23-13-10-14-23)27(29(26)30)18-24(32-6-2)17-20(3)22-11-8-7-9-12-22/h5-9,11-12,15-17,19,23H,1,3,10,13-14,18,31H2,2,4H3/b21-19+,24-17-,32-6?,33-28?. The van der Waals surface area contributed by atoms with Crippen molar-refractivity contribution in [2.45, 2.75) is 45.4 Å². The molecule has 4 heteroatoms. The van der Waals surface area contributed by atoms with Crippen LogP contribution in [0.2, 0.25) is 0 Å². The van der Waals surface area contributed by atoms with Gasteiger partial charge in [0, 0.05) is 35.8 Å². The maximum absolute atomic E-state index is 16.0.